The molecule has 3 rings (SSSR count). The van der Waals surface area contributed by atoms with Crippen molar-refractivity contribution < 1.29 is 9.90 Å². The Morgan fingerprint density at radius 2 is 2.09 bits per heavy atom. The molecule has 5 nitrogen and oxygen atoms in total. The van der Waals surface area contributed by atoms with E-state index >= 15 is 0 Å². The van der Waals surface area contributed by atoms with Crippen LogP contribution in [0.25, 0.3) is 0 Å². The van der Waals surface area contributed by atoms with Crippen LogP contribution in [-0.2, 0) is 6.42 Å². The van der Waals surface area contributed by atoms with E-state index in [1.807, 2.05) is 17.0 Å². The fourth-order valence-electron chi connectivity index (χ4n) is 3.47. The molecule has 2 aliphatic rings. The Kier molecular flexibility index (Phi) is 4.83. The van der Waals surface area contributed by atoms with Crippen LogP contribution in [0.15, 0.2) is 24.3 Å². The van der Waals surface area contributed by atoms with Crippen molar-refractivity contribution in [3.05, 3.63) is 29.8 Å². The lowest BCUT2D eigenvalue weighted by Gasteiger charge is -2.23. The smallest absolute Gasteiger partial charge is 0.317 e. The predicted octanol–water partition coefficient (Wildman–Crippen LogP) is 1.81. The average Bonchev–Trinajstić information content (AvgIpc) is 3.18. The summed E-state index contributed by atoms with van der Waals surface area (Å²) in [6, 6.07) is 7.79. The minimum atomic E-state index is 0.0434. The van der Waals surface area contributed by atoms with Crippen molar-refractivity contribution in [2.24, 2.45) is 0 Å². The number of nitrogens with zero attached hydrogens (tertiary/aromatic N) is 2. The molecule has 2 amide bonds. The molecule has 2 N–H and O–H groups in total. The summed E-state index contributed by atoms with van der Waals surface area (Å²) in [6.07, 6.45) is 4.43. The van der Waals surface area contributed by atoms with E-state index in [1.54, 1.807) is 12.1 Å². The summed E-state index contributed by atoms with van der Waals surface area (Å²) >= 11 is 0. The van der Waals surface area contributed by atoms with Gasteiger partial charge in [-0.05, 0) is 56.5 Å². The van der Waals surface area contributed by atoms with E-state index in [1.165, 1.54) is 25.9 Å². The number of hydrogen-bond donors (Lipinski definition) is 2. The van der Waals surface area contributed by atoms with Gasteiger partial charge in [-0.1, -0.05) is 12.1 Å². The number of likely N-dealkylation sites (tertiary alicyclic amines) is 2. The van der Waals surface area contributed by atoms with Crippen molar-refractivity contribution in [1.29, 1.82) is 0 Å². The van der Waals surface area contributed by atoms with Gasteiger partial charge >= 0.3 is 6.03 Å². The monoisotopic (exact) mass is 303 g/mol. The lowest BCUT2D eigenvalue weighted by molar-refractivity contribution is 0.199. The third-order valence-electron chi connectivity index (χ3n) is 4.71. The van der Waals surface area contributed by atoms with Gasteiger partial charge in [-0.25, -0.2) is 4.79 Å². The molecule has 0 unspecified atom stereocenters. The highest BCUT2D eigenvalue weighted by atomic mass is 16.3. The van der Waals surface area contributed by atoms with Crippen molar-refractivity contribution in [3.63, 3.8) is 0 Å². The van der Waals surface area contributed by atoms with Crippen LogP contribution in [0.2, 0.25) is 0 Å². The normalized spacial score (nSPS) is 22.2. The topological polar surface area (TPSA) is 55.8 Å². The average molecular weight is 303 g/mol. The van der Waals surface area contributed by atoms with Crippen LogP contribution in [0.3, 0.4) is 0 Å². The quantitative estimate of drug-likeness (QED) is 0.892. The Labute approximate surface area is 131 Å². The lowest BCUT2D eigenvalue weighted by Crippen LogP contribution is -2.42. The first-order valence-corrected chi connectivity index (χ1v) is 8.27. The van der Waals surface area contributed by atoms with Gasteiger partial charge in [-0.3, -0.25) is 4.90 Å². The van der Waals surface area contributed by atoms with Crippen LogP contribution in [0.4, 0.5) is 4.79 Å². The molecule has 0 radical (unpaired) electrons. The van der Waals surface area contributed by atoms with E-state index in [0.29, 0.717) is 12.6 Å². The van der Waals surface area contributed by atoms with Crippen LogP contribution in [-0.4, -0.2) is 59.7 Å². The number of phenols is 1. The third kappa shape index (κ3) is 3.71. The van der Waals surface area contributed by atoms with Crippen LogP contribution in [0.5, 0.6) is 5.75 Å². The second-order valence-corrected chi connectivity index (χ2v) is 6.28. The number of carbonyl (C=O) groups excluding carboxylic acids is 1. The molecule has 2 saturated heterocycles. The van der Waals surface area contributed by atoms with Crippen LogP contribution >= 0.6 is 0 Å². The van der Waals surface area contributed by atoms with Crippen molar-refractivity contribution >= 4 is 6.03 Å². The molecule has 120 valence electrons. The molecule has 0 aliphatic carbocycles. The summed E-state index contributed by atoms with van der Waals surface area (Å²) in [4.78, 5) is 16.7. The Bertz CT molecular complexity index is 514. The molecule has 0 bridgehead atoms. The predicted molar refractivity (Wildman–Crippen MR) is 86.0 cm³/mol. The molecule has 2 fully saturated rings. The van der Waals surface area contributed by atoms with Crippen LogP contribution < -0.4 is 5.32 Å². The van der Waals surface area contributed by atoms with Crippen molar-refractivity contribution in [2.75, 3.05) is 32.7 Å². The first kappa shape index (κ1) is 15.2. The first-order valence-electron chi connectivity index (χ1n) is 8.27. The maximum atomic E-state index is 12.2. The van der Waals surface area contributed by atoms with Crippen LogP contribution in [0, 0.1) is 0 Å². The zero-order valence-corrected chi connectivity index (χ0v) is 13.0. The highest BCUT2D eigenvalue weighted by molar-refractivity contribution is 5.74. The van der Waals surface area contributed by atoms with Gasteiger partial charge in [-0.2, -0.15) is 0 Å². The highest BCUT2D eigenvalue weighted by Gasteiger charge is 2.31. The molecule has 1 aromatic carbocycles. The number of nitrogens with one attached hydrogen (secondary N) is 1. The summed E-state index contributed by atoms with van der Waals surface area (Å²) in [5, 5.41) is 12.4. The lowest BCUT2D eigenvalue weighted by atomic mass is 10.1. The molecular weight excluding hydrogens is 278 g/mol. The van der Waals surface area contributed by atoms with Gasteiger partial charge in [0.15, 0.2) is 0 Å². The summed E-state index contributed by atoms with van der Waals surface area (Å²) in [5.74, 6) is 0.275. The van der Waals surface area contributed by atoms with Gasteiger partial charge in [0, 0.05) is 25.7 Å². The summed E-state index contributed by atoms with van der Waals surface area (Å²) < 4.78 is 0. The Morgan fingerprint density at radius 3 is 2.86 bits per heavy atom. The van der Waals surface area contributed by atoms with Gasteiger partial charge in [0.2, 0.25) is 0 Å². The molecule has 2 heterocycles. The minimum absolute atomic E-state index is 0.0434. The standard InChI is InChI=1S/C17H25N3O2/c21-16-5-3-4-14(12-16)6-8-18-17(22)20-11-7-15(13-20)19-9-1-2-10-19/h3-5,12,15,21H,1-2,6-11,13H2,(H,18,22)/t15-/m1/s1. The molecule has 22 heavy (non-hydrogen) atoms. The van der Waals surface area contributed by atoms with E-state index in [9.17, 15) is 9.90 Å². The van der Waals surface area contributed by atoms with E-state index in [0.717, 1.165) is 31.5 Å². The SMILES string of the molecule is O=C(NCCc1cccc(O)c1)N1CC[C@@H](N2CCCC2)C1. The number of aromatic hydroxyl groups is 1. The molecular formula is C17H25N3O2. The molecule has 2 aliphatic heterocycles. The van der Waals surface area contributed by atoms with Crippen molar-refractivity contribution in [3.8, 4) is 5.75 Å². The number of amides is 2. The van der Waals surface area contributed by atoms with Gasteiger partial charge in [0.25, 0.3) is 0 Å². The molecule has 5 heteroatoms. The maximum Gasteiger partial charge on any atom is 0.317 e. The van der Waals surface area contributed by atoms with Gasteiger partial charge in [0.05, 0.1) is 0 Å². The fourth-order valence-corrected chi connectivity index (χ4v) is 3.47. The molecule has 1 aromatic rings. The Balaban J connectivity index is 1.41. The van der Waals surface area contributed by atoms with E-state index in [-0.39, 0.29) is 11.8 Å². The summed E-state index contributed by atoms with van der Waals surface area (Å²) in [7, 11) is 0. The Morgan fingerprint density at radius 1 is 1.27 bits per heavy atom. The largest absolute Gasteiger partial charge is 0.508 e. The van der Waals surface area contributed by atoms with Crippen molar-refractivity contribution in [1.82, 2.24) is 15.1 Å². The maximum absolute atomic E-state index is 12.2. The van der Waals surface area contributed by atoms with Gasteiger partial charge in [-0.15, -0.1) is 0 Å². The van der Waals surface area contributed by atoms with Crippen molar-refractivity contribution in [2.45, 2.75) is 31.7 Å². The van der Waals surface area contributed by atoms with E-state index in [2.05, 4.69) is 10.2 Å². The summed E-state index contributed by atoms with van der Waals surface area (Å²) in [5.41, 5.74) is 1.04. The molecule has 0 spiro atoms. The van der Waals surface area contributed by atoms with E-state index < -0.39 is 0 Å². The third-order valence-corrected chi connectivity index (χ3v) is 4.71. The van der Waals surface area contributed by atoms with Crippen LogP contribution in [0.1, 0.15) is 24.8 Å². The second kappa shape index (κ2) is 7.01. The Hall–Kier alpha value is -1.75. The number of phenolic OH excluding ortho intramolecular Hbond substituents is 1. The minimum Gasteiger partial charge on any atom is -0.508 e. The zero-order valence-electron chi connectivity index (χ0n) is 13.0. The van der Waals surface area contributed by atoms with Gasteiger partial charge in [0.1, 0.15) is 5.75 Å². The molecule has 1 atom stereocenters. The second-order valence-electron chi connectivity index (χ2n) is 6.28. The first-order chi connectivity index (χ1) is 10.7. The summed E-state index contributed by atoms with van der Waals surface area (Å²) in [6.45, 7) is 4.71. The number of urea groups is 1. The highest BCUT2D eigenvalue weighted by Crippen LogP contribution is 2.20. The number of carbonyl (C=O) groups is 1. The molecule has 0 aromatic heterocycles. The number of rotatable bonds is 4. The molecule has 0 saturated carbocycles. The zero-order chi connectivity index (χ0) is 15.4. The fraction of sp³-hybridized carbons (Fsp3) is 0.588. The number of benzene rings is 1. The number of hydrogen-bond acceptors (Lipinski definition) is 3. The van der Waals surface area contributed by atoms with E-state index in [4.69, 9.17) is 0 Å². The van der Waals surface area contributed by atoms with Gasteiger partial charge < -0.3 is 15.3 Å².